The minimum Gasteiger partial charge on any atom is -0.428 e. The Bertz CT molecular complexity index is 913. The van der Waals surface area contributed by atoms with Gasteiger partial charge in [0.15, 0.2) is 0 Å². The third-order valence-electron chi connectivity index (χ3n) is 4.13. The van der Waals surface area contributed by atoms with E-state index in [1.165, 1.54) is 0 Å². The van der Waals surface area contributed by atoms with Gasteiger partial charge in [-0.15, -0.1) is 0 Å². The monoisotopic (exact) mass is 296 g/mol. The first kappa shape index (κ1) is 13.3. The minimum absolute atomic E-state index is 0.0404. The summed E-state index contributed by atoms with van der Waals surface area (Å²) < 4.78 is 34.3. The van der Waals surface area contributed by atoms with Crippen molar-refractivity contribution in [2.75, 3.05) is 0 Å². The van der Waals surface area contributed by atoms with Crippen LogP contribution in [-0.2, 0) is 6.11 Å². The number of aryl methyl sites for hydroxylation is 2. The minimum atomic E-state index is -3.33. The van der Waals surface area contributed by atoms with Crippen LogP contribution in [0.25, 0.3) is 21.9 Å². The van der Waals surface area contributed by atoms with Gasteiger partial charge in [0.25, 0.3) is 0 Å². The molecule has 0 saturated carbocycles. The quantitative estimate of drug-likeness (QED) is 0.527. The summed E-state index contributed by atoms with van der Waals surface area (Å²) in [6.07, 6.45) is -3.33. The number of benzene rings is 3. The van der Waals surface area contributed by atoms with Crippen molar-refractivity contribution < 1.29 is 13.5 Å². The molecule has 0 N–H and O–H groups in total. The van der Waals surface area contributed by atoms with Gasteiger partial charge in [-0.25, -0.2) is 0 Å². The van der Waals surface area contributed by atoms with Crippen molar-refractivity contribution in [2.45, 2.75) is 20.0 Å². The van der Waals surface area contributed by atoms with Crippen molar-refractivity contribution in [1.82, 2.24) is 0 Å². The molecule has 0 atom stereocenters. The molecule has 0 fully saturated rings. The molecule has 3 heteroatoms. The molecule has 0 unspecified atom stereocenters. The van der Waals surface area contributed by atoms with Crippen LogP contribution in [0.15, 0.2) is 48.5 Å². The van der Waals surface area contributed by atoms with Gasteiger partial charge in [-0.2, -0.15) is 8.78 Å². The molecule has 110 valence electrons. The van der Waals surface area contributed by atoms with Gasteiger partial charge in [0.05, 0.1) is 5.56 Å². The van der Waals surface area contributed by atoms with Crippen LogP contribution in [0.2, 0.25) is 0 Å². The van der Waals surface area contributed by atoms with E-state index in [-0.39, 0.29) is 11.3 Å². The zero-order chi connectivity index (χ0) is 15.5. The van der Waals surface area contributed by atoms with Crippen molar-refractivity contribution in [3.8, 4) is 16.9 Å². The molecule has 0 bridgehead atoms. The standard InChI is InChI=1S/C19H14F2O/c1-11-3-6-14-13(9-11)5-8-16-15-7-4-12(2)10-17(15)22-19(20,21)18(14)16/h3-10H,1-2H3. The van der Waals surface area contributed by atoms with E-state index in [2.05, 4.69) is 0 Å². The van der Waals surface area contributed by atoms with Gasteiger partial charge < -0.3 is 4.74 Å². The Morgan fingerprint density at radius 1 is 0.818 bits per heavy atom. The van der Waals surface area contributed by atoms with Crippen LogP contribution >= 0.6 is 0 Å². The Hall–Kier alpha value is -2.42. The molecular weight excluding hydrogens is 282 g/mol. The van der Waals surface area contributed by atoms with Crippen LogP contribution < -0.4 is 4.74 Å². The SMILES string of the molecule is Cc1ccc2c(c1)OC(F)(F)c1c-2ccc2cc(C)ccc12. The highest BCUT2D eigenvalue weighted by atomic mass is 19.3. The maximum Gasteiger partial charge on any atom is 0.427 e. The second-order valence-corrected chi connectivity index (χ2v) is 5.83. The summed E-state index contributed by atoms with van der Waals surface area (Å²) in [5.74, 6) is 0.240. The Balaban J connectivity index is 2.11. The Morgan fingerprint density at radius 2 is 1.50 bits per heavy atom. The fourth-order valence-electron chi connectivity index (χ4n) is 3.11. The summed E-state index contributed by atoms with van der Waals surface area (Å²) >= 11 is 0. The molecule has 1 heterocycles. The van der Waals surface area contributed by atoms with Gasteiger partial charge in [-0.05, 0) is 41.8 Å². The number of hydrogen-bond acceptors (Lipinski definition) is 1. The van der Waals surface area contributed by atoms with E-state index < -0.39 is 6.11 Å². The van der Waals surface area contributed by atoms with E-state index >= 15 is 0 Å². The van der Waals surface area contributed by atoms with Crippen LogP contribution in [0.3, 0.4) is 0 Å². The van der Waals surface area contributed by atoms with E-state index in [1.807, 2.05) is 44.2 Å². The van der Waals surface area contributed by atoms with Crippen LogP contribution in [0.1, 0.15) is 16.7 Å². The van der Waals surface area contributed by atoms with Crippen molar-refractivity contribution in [1.29, 1.82) is 0 Å². The van der Waals surface area contributed by atoms with Crippen molar-refractivity contribution in [3.63, 3.8) is 0 Å². The molecule has 0 aromatic heterocycles. The van der Waals surface area contributed by atoms with Crippen molar-refractivity contribution in [2.24, 2.45) is 0 Å². The summed E-state index contributed by atoms with van der Waals surface area (Å²) in [6.45, 7) is 3.81. The first-order valence-electron chi connectivity index (χ1n) is 7.17. The molecule has 3 aromatic carbocycles. The van der Waals surface area contributed by atoms with Gasteiger partial charge in [0.2, 0.25) is 0 Å². The Labute approximate surface area is 127 Å². The molecule has 1 aliphatic rings. The smallest absolute Gasteiger partial charge is 0.427 e. The predicted molar refractivity (Wildman–Crippen MR) is 83.4 cm³/mol. The van der Waals surface area contributed by atoms with Gasteiger partial charge in [0, 0.05) is 5.56 Å². The highest BCUT2D eigenvalue weighted by molar-refractivity contribution is 5.94. The van der Waals surface area contributed by atoms with Crippen molar-refractivity contribution >= 4 is 10.8 Å². The number of halogens is 2. The zero-order valence-electron chi connectivity index (χ0n) is 12.3. The Morgan fingerprint density at radius 3 is 2.32 bits per heavy atom. The van der Waals surface area contributed by atoms with Gasteiger partial charge in [-0.1, -0.05) is 48.0 Å². The number of alkyl halides is 2. The maximum absolute atomic E-state index is 14.6. The molecular formula is C19H14F2O. The molecule has 0 radical (unpaired) electrons. The van der Waals surface area contributed by atoms with E-state index in [1.54, 1.807) is 18.2 Å². The molecule has 0 amide bonds. The van der Waals surface area contributed by atoms with Gasteiger partial charge in [0.1, 0.15) is 5.75 Å². The van der Waals surface area contributed by atoms with Crippen LogP contribution in [0.5, 0.6) is 5.75 Å². The highest BCUT2D eigenvalue weighted by Crippen LogP contribution is 2.49. The largest absolute Gasteiger partial charge is 0.428 e. The van der Waals surface area contributed by atoms with Crippen molar-refractivity contribution in [3.05, 3.63) is 65.2 Å². The third kappa shape index (κ3) is 1.82. The summed E-state index contributed by atoms with van der Waals surface area (Å²) in [5.41, 5.74) is 3.16. The molecule has 0 saturated heterocycles. The lowest BCUT2D eigenvalue weighted by atomic mass is 9.90. The zero-order valence-corrected chi connectivity index (χ0v) is 12.3. The lowest BCUT2D eigenvalue weighted by Gasteiger charge is -2.29. The maximum atomic E-state index is 14.6. The molecule has 4 rings (SSSR count). The fourth-order valence-corrected chi connectivity index (χ4v) is 3.11. The number of hydrogen-bond donors (Lipinski definition) is 0. The van der Waals surface area contributed by atoms with Crippen LogP contribution in [0, 0.1) is 13.8 Å². The van der Waals surface area contributed by atoms with Gasteiger partial charge >= 0.3 is 6.11 Å². The number of ether oxygens (including phenoxy) is 1. The predicted octanol–water partition coefficient (Wildman–Crippen LogP) is 5.57. The van der Waals surface area contributed by atoms with Crippen LogP contribution in [0.4, 0.5) is 8.78 Å². The molecule has 0 aliphatic carbocycles. The highest BCUT2D eigenvalue weighted by Gasteiger charge is 2.43. The molecule has 0 spiro atoms. The summed E-state index contributed by atoms with van der Waals surface area (Å²) in [7, 11) is 0. The summed E-state index contributed by atoms with van der Waals surface area (Å²) in [5, 5.41) is 1.34. The normalized spacial score (nSPS) is 15.1. The lowest BCUT2D eigenvalue weighted by Crippen LogP contribution is -2.26. The van der Waals surface area contributed by atoms with Crippen LogP contribution in [-0.4, -0.2) is 0 Å². The third-order valence-corrected chi connectivity index (χ3v) is 4.13. The first-order chi connectivity index (χ1) is 10.5. The Kier molecular flexibility index (Phi) is 2.59. The molecule has 1 nitrogen and oxygen atoms in total. The van der Waals surface area contributed by atoms with Gasteiger partial charge in [-0.3, -0.25) is 0 Å². The second kappa shape index (κ2) is 4.29. The molecule has 3 aromatic rings. The topological polar surface area (TPSA) is 9.23 Å². The second-order valence-electron chi connectivity index (χ2n) is 5.83. The van der Waals surface area contributed by atoms with E-state index in [9.17, 15) is 8.78 Å². The number of fused-ring (bicyclic) bond motifs is 5. The average molecular weight is 296 g/mol. The lowest BCUT2D eigenvalue weighted by molar-refractivity contribution is -0.185. The average Bonchev–Trinajstić information content (AvgIpc) is 2.45. The number of rotatable bonds is 0. The molecule has 1 aliphatic heterocycles. The fraction of sp³-hybridized carbons (Fsp3) is 0.158. The summed E-state index contributed by atoms with van der Waals surface area (Å²) in [6, 6.07) is 14.6. The first-order valence-corrected chi connectivity index (χ1v) is 7.17. The summed E-state index contributed by atoms with van der Waals surface area (Å²) in [4.78, 5) is 0. The van der Waals surface area contributed by atoms with E-state index in [4.69, 9.17) is 4.74 Å². The molecule has 22 heavy (non-hydrogen) atoms. The van der Waals surface area contributed by atoms with E-state index in [0.29, 0.717) is 16.5 Å². The van der Waals surface area contributed by atoms with E-state index in [0.717, 1.165) is 16.5 Å².